The van der Waals surface area contributed by atoms with Gasteiger partial charge in [0.2, 0.25) is 11.8 Å². The topological polar surface area (TPSA) is 57.6 Å². The first-order valence-electron chi connectivity index (χ1n) is 6.49. The van der Waals surface area contributed by atoms with E-state index in [9.17, 15) is 27.9 Å². The van der Waals surface area contributed by atoms with Crippen molar-refractivity contribution in [2.75, 3.05) is 6.54 Å². The Bertz CT molecular complexity index is 576. The number of imide groups is 1. The molecule has 0 spiro atoms. The van der Waals surface area contributed by atoms with Gasteiger partial charge in [-0.1, -0.05) is 12.1 Å². The fourth-order valence-corrected chi connectivity index (χ4v) is 2.60. The Hall–Kier alpha value is -1.89. The van der Waals surface area contributed by atoms with E-state index in [0.29, 0.717) is 6.42 Å². The smallest absolute Gasteiger partial charge is 0.387 e. The van der Waals surface area contributed by atoms with Crippen LogP contribution in [0.25, 0.3) is 0 Å². The highest BCUT2D eigenvalue weighted by molar-refractivity contribution is 6.08. The third kappa shape index (κ3) is 2.42. The number of benzene rings is 1. The van der Waals surface area contributed by atoms with Crippen molar-refractivity contribution in [3.8, 4) is 0 Å². The van der Waals surface area contributed by atoms with Crippen LogP contribution in [0.15, 0.2) is 24.3 Å². The first kappa shape index (κ1) is 14.1. The van der Waals surface area contributed by atoms with Gasteiger partial charge in [-0.25, -0.2) is 0 Å². The number of carbonyl (C=O) groups is 2. The number of fused-ring (bicyclic) bond motifs is 1. The lowest BCUT2D eigenvalue weighted by Crippen LogP contribution is -2.36. The molecule has 1 heterocycles. The number of likely N-dealkylation sites (tertiary alicyclic amines) is 1. The minimum Gasteiger partial charge on any atom is -0.387 e. The average Bonchev–Trinajstić information content (AvgIpc) is 3.18. The van der Waals surface area contributed by atoms with Gasteiger partial charge in [0.25, 0.3) is 0 Å². The molecule has 21 heavy (non-hydrogen) atoms. The van der Waals surface area contributed by atoms with E-state index < -0.39 is 17.8 Å². The molecular formula is C14H12F3NO3. The molecule has 112 valence electrons. The second kappa shape index (κ2) is 4.56. The molecule has 1 aromatic rings. The fraction of sp³-hybridized carbons (Fsp3) is 0.429. The number of piperidine rings is 1. The first-order valence-corrected chi connectivity index (χ1v) is 6.49. The van der Waals surface area contributed by atoms with Crippen molar-refractivity contribution in [1.82, 2.24) is 4.90 Å². The Morgan fingerprint density at radius 1 is 1.14 bits per heavy atom. The number of carbonyl (C=O) groups excluding carboxylic acids is 2. The molecule has 7 heteroatoms. The van der Waals surface area contributed by atoms with Crippen molar-refractivity contribution in [1.29, 1.82) is 0 Å². The molecule has 3 rings (SSSR count). The summed E-state index contributed by atoms with van der Waals surface area (Å²) in [7, 11) is 0. The molecule has 0 bridgehead atoms. The number of β-amino-alcohol motifs (C(OH)–C–C–N with tert-alkyl or cyclic N) is 1. The largest absolute Gasteiger partial charge is 0.416 e. The molecule has 1 aliphatic carbocycles. The number of alkyl halides is 3. The van der Waals surface area contributed by atoms with Crippen molar-refractivity contribution in [2.24, 2.45) is 11.8 Å². The molecule has 2 aliphatic rings. The van der Waals surface area contributed by atoms with Crippen LogP contribution >= 0.6 is 0 Å². The third-order valence-electron chi connectivity index (χ3n) is 3.94. The number of aliphatic hydroxyl groups excluding tert-OH is 1. The van der Waals surface area contributed by atoms with E-state index in [-0.39, 0.29) is 35.8 Å². The molecular weight excluding hydrogens is 287 g/mol. The van der Waals surface area contributed by atoms with Crippen LogP contribution in [0, 0.1) is 11.8 Å². The molecule has 1 saturated heterocycles. The van der Waals surface area contributed by atoms with Gasteiger partial charge in [-0.05, 0) is 24.1 Å². The number of hydrogen-bond acceptors (Lipinski definition) is 3. The lowest BCUT2D eigenvalue weighted by Gasteiger charge is -2.20. The van der Waals surface area contributed by atoms with Crippen LogP contribution in [0.4, 0.5) is 13.2 Å². The second-order valence-corrected chi connectivity index (χ2v) is 5.37. The van der Waals surface area contributed by atoms with E-state index >= 15 is 0 Å². The van der Waals surface area contributed by atoms with E-state index in [0.717, 1.165) is 29.2 Å². The summed E-state index contributed by atoms with van der Waals surface area (Å²) < 4.78 is 37.3. The molecule has 1 N–H and O–H groups in total. The van der Waals surface area contributed by atoms with Gasteiger partial charge >= 0.3 is 6.18 Å². The molecule has 3 atom stereocenters. The normalized spacial score (nSPS) is 26.0. The van der Waals surface area contributed by atoms with E-state index in [1.807, 2.05) is 0 Å². The van der Waals surface area contributed by atoms with E-state index in [2.05, 4.69) is 0 Å². The van der Waals surface area contributed by atoms with Gasteiger partial charge in [0.15, 0.2) is 0 Å². The number of halogens is 3. The Morgan fingerprint density at radius 3 is 2.14 bits per heavy atom. The highest BCUT2D eigenvalue weighted by Gasteiger charge is 2.58. The second-order valence-electron chi connectivity index (χ2n) is 5.37. The maximum Gasteiger partial charge on any atom is 0.416 e. The van der Waals surface area contributed by atoms with Gasteiger partial charge in [0.05, 0.1) is 30.0 Å². The standard InChI is InChI=1S/C14H12F3NO3/c15-14(16,17)8-3-1-7(2-4-8)11(19)6-18-12(20)9-5-10(9)13(18)21/h1-4,9-11,19H,5-6H2. The molecule has 3 unspecified atom stereocenters. The monoisotopic (exact) mass is 299 g/mol. The number of aliphatic hydroxyl groups is 1. The Labute approximate surface area is 118 Å². The highest BCUT2D eigenvalue weighted by Crippen LogP contribution is 2.47. The summed E-state index contributed by atoms with van der Waals surface area (Å²) >= 11 is 0. The van der Waals surface area contributed by atoms with E-state index in [4.69, 9.17) is 0 Å². The van der Waals surface area contributed by atoms with Gasteiger partial charge < -0.3 is 5.11 Å². The summed E-state index contributed by atoms with van der Waals surface area (Å²) in [5.41, 5.74) is -0.572. The summed E-state index contributed by atoms with van der Waals surface area (Å²) in [4.78, 5) is 24.5. The van der Waals surface area contributed by atoms with Gasteiger partial charge in [-0.15, -0.1) is 0 Å². The van der Waals surface area contributed by atoms with Crippen LogP contribution in [-0.4, -0.2) is 28.4 Å². The average molecular weight is 299 g/mol. The molecule has 0 radical (unpaired) electrons. The Morgan fingerprint density at radius 2 is 1.67 bits per heavy atom. The van der Waals surface area contributed by atoms with Crippen LogP contribution in [0.2, 0.25) is 0 Å². The summed E-state index contributed by atoms with van der Waals surface area (Å²) in [5.74, 6) is -1.10. The van der Waals surface area contributed by atoms with Crippen molar-refractivity contribution in [2.45, 2.75) is 18.7 Å². The van der Waals surface area contributed by atoms with Crippen LogP contribution < -0.4 is 0 Å². The SMILES string of the molecule is O=C1C2CC2C(=O)N1CC(O)c1ccc(C(F)(F)F)cc1. The van der Waals surface area contributed by atoms with E-state index in [1.54, 1.807) is 0 Å². The van der Waals surface area contributed by atoms with Gasteiger partial charge in [-0.3, -0.25) is 14.5 Å². The number of hydrogen-bond donors (Lipinski definition) is 1. The van der Waals surface area contributed by atoms with Crippen molar-refractivity contribution >= 4 is 11.8 Å². The predicted octanol–water partition coefficient (Wildman–Crippen LogP) is 1.74. The molecule has 1 saturated carbocycles. The molecule has 4 nitrogen and oxygen atoms in total. The predicted molar refractivity (Wildman–Crippen MR) is 64.7 cm³/mol. The quantitative estimate of drug-likeness (QED) is 0.865. The summed E-state index contributed by atoms with van der Waals surface area (Å²) in [6.45, 7) is -0.212. The molecule has 2 fully saturated rings. The molecule has 1 aromatic carbocycles. The maximum absolute atomic E-state index is 12.4. The summed E-state index contributed by atoms with van der Waals surface area (Å²) in [6.07, 6.45) is -5.05. The zero-order valence-electron chi connectivity index (χ0n) is 10.8. The summed E-state index contributed by atoms with van der Waals surface area (Å²) in [6, 6.07) is 4.03. The van der Waals surface area contributed by atoms with Gasteiger partial charge in [0.1, 0.15) is 0 Å². The van der Waals surface area contributed by atoms with Crippen LogP contribution in [-0.2, 0) is 15.8 Å². The molecule has 2 amide bonds. The Balaban J connectivity index is 1.70. The van der Waals surface area contributed by atoms with Crippen molar-refractivity contribution < 1.29 is 27.9 Å². The fourth-order valence-electron chi connectivity index (χ4n) is 2.60. The lowest BCUT2D eigenvalue weighted by molar-refractivity contribution is -0.143. The Kier molecular flexibility index (Phi) is 3.05. The molecule has 1 aliphatic heterocycles. The zero-order valence-corrected chi connectivity index (χ0v) is 10.8. The minimum absolute atomic E-state index is 0.212. The zero-order chi connectivity index (χ0) is 15.4. The van der Waals surface area contributed by atoms with Crippen LogP contribution in [0.3, 0.4) is 0 Å². The van der Waals surface area contributed by atoms with Gasteiger partial charge in [-0.2, -0.15) is 13.2 Å². The minimum atomic E-state index is -4.44. The first-order chi connectivity index (χ1) is 9.79. The number of nitrogens with zero attached hydrogens (tertiary/aromatic N) is 1. The number of rotatable bonds is 3. The van der Waals surface area contributed by atoms with Crippen LogP contribution in [0.1, 0.15) is 23.7 Å². The highest BCUT2D eigenvalue weighted by atomic mass is 19.4. The van der Waals surface area contributed by atoms with Crippen LogP contribution in [0.5, 0.6) is 0 Å². The van der Waals surface area contributed by atoms with Crippen molar-refractivity contribution in [3.05, 3.63) is 35.4 Å². The number of amides is 2. The third-order valence-corrected chi connectivity index (χ3v) is 3.94. The van der Waals surface area contributed by atoms with Gasteiger partial charge in [0, 0.05) is 0 Å². The van der Waals surface area contributed by atoms with E-state index in [1.165, 1.54) is 0 Å². The molecule has 0 aromatic heterocycles. The van der Waals surface area contributed by atoms with Crippen molar-refractivity contribution in [3.63, 3.8) is 0 Å². The maximum atomic E-state index is 12.4. The summed E-state index contributed by atoms with van der Waals surface area (Å²) in [5, 5.41) is 9.98. The lowest BCUT2D eigenvalue weighted by atomic mass is 10.1.